The molecular formula is C9H11NO2Si. The lowest BCUT2D eigenvalue weighted by Crippen LogP contribution is -2.45. The molecule has 0 N–H and O–H groups in total. The highest BCUT2D eigenvalue weighted by Crippen LogP contribution is 2.33. The van der Waals surface area contributed by atoms with Gasteiger partial charge in [0.2, 0.25) is 5.91 Å². The van der Waals surface area contributed by atoms with Gasteiger partial charge in [-0.2, -0.15) is 0 Å². The van der Waals surface area contributed by atoms with E-state index in [0.29, 0.717) is 16.9 Å². The summed E-state index contributed by atoms with van der Waals surface area (Å²) in [5.74, 6) is 0.0869. The van der Waals surface area contributed by atoms with Gasteiger partial charge >= 0.3 is 0 Å². The summed E-state index contributed by atoms with van der Waals surface area (Å²) < 4.78 is 5.09. The fourth-order valence-electron chi connectivity index (χ4n) is 1.56. The van der Waals surface area contributed by atoms with E-state index in [-0.39, 0.29) is 11.9 Å². The SMILES string of the molecule is O=C1CC(c2ccccc2)N1O[SiH3]. The van der Waals surface area contributed by atoms with Gasteiger partial charge < -0.3 is 4.53 Å². The highest BCUT2D eigenvalue weighted by molar-refractivity contribution is 5.99. The highest BCUT2D eigenvalue weighted by atomic mass is 28.2. The number of benzene rings is 1. The number of amides is 1. The summed E-state index contributed by atoms with van der Waals surface area (Å²) in [7, 11) is 0.566. The number of nitrogens with zero attached hydrogens (tertiary/aromatic N) is 1. The van der Waals surface area contributed by atoms with Gasteiger partial charge in [0.1, 0.15) is 0 Å². The van der Waals surface area contributed by atoms with Crippen molar-refractivity contribution in [1.29, 1.82) is 0 Å². The van der Waals surface area contributed by atoms with Gasteiger partial charge in [-0.3, -0.25) is 4.79 Å². The van der Waals surface area contributed by atoms with Crippen LogP contribution in [0.5, 0.6) is 0 Å². The molecule has 1 atom stereocenters. The van der Waals surface area contributed by atoms with Crippen LogP contribution in [0.15, 0.2) is 30.3 Å². The zero-order valence-corrected chi connectivity index (χ0v) is 9.43. The van der Waals surface area contributed by atoms with E-state index in [9.17, 15) is 4.79 Å². The quantitative estimate of drug-likeness (QED) is 0.495. The Labute approximate surface area is 79.8 Å². The third-order valence-electron chi connectivity index (χ3n) is 2.28. The summed E-state index contributed by atoms with van der Waals surface area (Å²) in [4.78, 5) is 11.1. The van der Waals surface area contributed by atoms with Crippen LogP contribution in [0.1, 0.15) is 18.0 Å². The fourth-order valence-corrected chi connectivity index (χ4v) is 2.02. The van der Waals surface area contributed by atoms with Gasteiger partial charge in [-0.15, -0.1) is 0 Å². The van der Waals surface area contributed by atoms with Crippen molar-refractivity contribution in [2.45, 2.75) is 12.5 Å². The van der Waals surface area contributed by atoms with Crippen LogP contribution in [0.25, 0.3) is 0 Å². The first-order chi connectivity index (χ1) is 6.33. The number of carbonyl (C=O) groups excluding carboxylic acids is 1. The second kappa shape index (κ2) is 3.31. The first-order valence-corrected chi connectivity index (χ1v) is 5.05. The Hall–Kier alpha value is -1.13. The lowest BCUT2D eigenvalue weighted by molar-refractivity contribution is -0.190. The minimum absolute atomic E-state index is 0.0869. The maximum atomic E-state index is 11.1. The molecule has 1 amide bonds. The normalized spacial score (nSPS) is 21.7. The van der Waals surface area contributed by atoms with E-state index in [2.05, 4.69) is 0 Å². The minimum atomic E-state index is 0.0869. The smallest absolute Gasteiger partial charge is 0.248 e. The molecule has 0 aliphatic carbocycles. The van der Waals surface area contributed by atoms with Crippen LogP contribution < -0.4 is 0 Å². The van der Waals surface area contributed by atoms with Crippen molar-refractivity contribution < 1.29 is 9.32 Å². The van der Waals surface area contributed by atoms with E-state index in [1.54, 1.807) is 0 Å². The molecule has 0 radical (unpaired) electrons. The Kier molecular flexibility index (Phi) is 2.16. The van der Waals surface area contributed by atoms with Crippen LogP contribution >= 0.6 is 0 Å². The largest absolute Gasteiger partial charge is 0.329 e. The van der Waals surface area contributed by atoms with Gasteiger partial charge in [-0.25, -0.2) is 5.06 Å². The summed E-state index contributed by atoms with van der Waals surface area (Å²) in [6.45, 7) is 0. The Morgan fingerprint density at radius 3 is 2.62 bits per heavy atom. The van der Waals surface area contributed by atoms with Crippen molar-refractivity contribution in [1.82, 2.24) is 5.06 Å². The van der Waals surface area contributed by atoms with E-state index in [1.165, 1.54) is 5.06 Å². The van der Waals surface area contributed by atoms with Gasteiger partial charge in [-0.1, -0.05) is 30.3 Å². The molecule has 0 spiro atoms. The molecule has 1 aromatic carbocycles. The Morgan fingerprint density at radius 1 is 1.38 bits per heavy atom. The number of hydroxylamine groups is 2. The Morgan fingerprint density at radius 2 is 2.08 bits per heavy atom. The summed E-state index contributed by atoms with van der Waals surface area (Å²) in [5, 5.41) is 1.47. The first-order valence-electron chi connectivity index (χ1n) is 4.24. The molecule has 0 aromatic heterocycles. The van der Waals surface area contributed by atoms with E-state index in [1.807, 2.05) is 30.3 Å². The van der Waals surface area contributed by atoms with Crippen molar-refractivity contribution in [2.24, 2.45) is 0 Å². The van der Waals surface area contributed by atoms with Gasteiger partial charge in [0.15, 0.2) is 10.5 Å². The van der Waals surface area contributed by atoms with Gasteiger partial charge in [0, 0.05) is 0 Å². The molecule has 3 nitrogen and oxygen atoms in total. The monoisotopic (exact) mass is 193 g/mol. The minimum Gasteiger partial charge on any atom is -0.329 e. The molecule has 1 aliphatic heterocycles. The predicted octanol–water partition coefficient (Wildman–Crippen LogP) is 0.172. The van der Waals surface area contributed by atoms with E-state index in [4.69, 9.17) is 4.53 Å². The number of rotatable bonds is 2. The van der Waals surface area contributed by atoms with Gasteiger partial charge in [0.05, 0.1) is 12.5 Å². The first kappa shape index (κ1) is 8.46. The van der Waals surface area contributed by atoms with Crippen LogP contribution in [0.2, 0.25) is 0 Å². The van der Waals surface area contributed by atoms with Crippen LogP contribution in [0.3, 0.4) is 0 Å². The fraction of sp³-hybridized carbons (Fsp3) is 0.222. The molecule has 13 heavy (non-hydrogen) atoms. The molecule has 0 saturated carbocycles. The lowest BCUT2D eigenvalue weighted by atomic mass is 9.97. The second-order valence-corrected chi connectivity index (χ2v) is 3.40. The lowest BCUT2D eigenvalue weighted by Gasteiger charge is -2.38. The molecule has 1 aromatic rings. The molecule has 68 valence electrons. The number of β-lactam (4-membered cyclic amide) rings is 1. The van der Waals surface area contributed by atoms with Crippen molar-refractivity contribution in [3.05, 3.63) is 35.9 Å². The van der Waals surface area contributed by atoms with Crippen LogP contribution in [0.4, 0.5) is 0 Å². The molecule has 1 aliphatic rings. The molecule has 1 saturated heterocycles. The average molecular weight is 193 g/mol. The maximum Gasteiger partial charge on any atom is 0.248 e. The summed E-state index contributed by atoms with van der Waals surface area (Å²) >= 11 is 0. The highest BCUT2D eigenvalue weighted by Gasteiger charge is 2.37. The Balaban J connectivity index is 2.16. The third-order valence-corrected chi connectivity index (χ3v) is 2.67. The van der Waals surface area contributed by atoms with Gasteiger partial charge in [-0.05, 0) is 5.56 Å². The van der Waals surface area contributed by atoms with Crippen LogP contribution in [-0.4, -0.2) is 21.5 Å². The van der Waals surface area contributed by atoms with Crippen LogP contribution in [0, 0.1) is 0 Å². The second-order valence-electron chi connectivity index (χ2n) is 3.03. The molecule has 1 unspecified atom stereocenters. The van der Waals surface area contributed by atoms with E-state index >= 15 is 0 Å². The average Bonchev–Trinajstić information content (AvgIpc) is 2.16. The van der Waals surface area contributed by atoms with E-state index < -0.39 is 0 Å². The number of hydrogen-bond acceptors (Lipinski definition) is 2. The topological polar surface area (TPSA) is 29.5 Å². The summed E-state index contributed by atoms with van der Waals surface area (Å²) in [6.07, 6.45) is 0.576. The predicted molar refractivity (Wildman–Crippen MR) is 51.7 cm³/mol. The maximum absolute atomic E-state index is 11.1. The van der Waals surface area contributed by atoms with Crippen molar-refractivity contribution in [3.8, 4) is 0 Å². The van der Waals surface area contributed by atoms with Crippen molar-refractivity contribution >= 4 is 16.4 Å². The zero-order chi connectivity index (χ0) is 9.26. The molecule has 1 heterocycles. The molecule has 0 bridgehead atoms. The zero-order valence-electron chi connectivity index (χ0n) is 7.43. The standard InChI is InChI=1S/C9H11NO2Si/c11-9-6-8(10(9)12-13)7-4-2-1-3-5-7/h1-5,8H,6H2,13H3. The molecule has 1 fully saturated rings. The molecule has 4 heteroatoms. The summed E-state index contributed by atoms with van der Waals surface area (Å²) in [5.41, 5.74) is 1.15. The molecule has 2 rings (SSSR count). The number of carbonyl (C=O) groups is 1. The summed E-state index contributed by atoms with van der Waals surface area (Å²) in [6, 6.07) is 10.1. The Bertz CT molecular complexity index is 315. The van der Waals surface area contributed by atoms with Gasteiger partial charge in [0.25, 0.3) is 0 Å². The van der Waals surface area contributed by atoms with Crippen molar-refractivity contribution in [3.63, 3.8) is 0 Å². The van der Waals surface area contributed by atoms with E-state index in [0.717, 1.165) is 5.56 Å². The number of hydrogen-bond donors (Lipinski definition) is 0. The third kappa shape index (κ3) is 1.38. The molecular weight excluding hydrogens is 182 g/mol. The van der Waals surface area contributed by atoms with Crippen molar-refractivity contribution in [2.75, 3.05) is 0 Å². The van der Waals surface area contributed by atoms with Crippen LogP contribution in [-0.2, 0) is 9.32 Å².